The van der Waals surface area contributed by atoms with Crippen LogP contribution in [0, 0.1) is 0 Å². The van der Waals surface area contributed by atoms with Crippen molar-refractivity contribution in [2.45, 2.75) is 70.8 Å². The average molecular weight is 320 g/mol. The summed E-state index contributed by atoms with van der Waals surface area (Å²) in [7, 11) is -3.29. The smallest absolute Gasteiger partial charge is 0.407 e. The maximum atomic E-state index is 12.4. The molecule has 1 aliphatic rings. The number of carbonyl (C=O) groups excluding carboxylic acids is 1. The number of hydrogen-bond acceptors (Lipinski definition) is 4. The predicted octanol–water partition coefficient (Wildman–Crippen LogP) is 2.10. The molecule has 1 N–H and O–H groups in total. The zero-order valence-electron chi connectivity index (χ0n) is 13.7. The number of hydrogen-bond donors (Lipinski definition) is 1. The highest BCUT2D eigenvalue weighted by Crippen LogP contribution is 2.22. The third kappa shape index (κ3) is 5.47. The molecular weight excluding hydrogens is 292 g/mol. The van der Waals surface area contributed by atoms with Gasteiger partial charge < -0.3 is 10.1 Å². The minimum absolute atomic E-state index is 0.182. The van der Waals surface area contributed by atoms with Crippen molar-refractivity contribution in [2.75, 3.05) is 13.1 Å². The van der Waals surface area contributed by atoms with E-state index in [2.05, 4.69) is 5.32 Å². The number of ether oxygens (including phenoxy) is 1. The largest absolute Gasteiger partial charge is 0.444 e. The lowest BCUT2D eigenvalue weighted by Gasteiger charge is -2.36. The highest BCUT2D eigenvalue weighted by Gasteiger charge is 2.34. The normalized spacial score (nSPS) is 21.3. The minimum Gasteiger partial charge on any atom is -0.444 e. The van der Waals surface area contributed by atoms with Crippen LogP contribution < -0.4 is 5.32 Å². The third-order valence-electron chi connectivity index (χ3n) is 3.38. The molecule has 0 aromatic heterocycles. The number of amides is 1. The molecule has 0 saturated carbocycles. The highest BCUT2D eigenvalue weighted by molar-refractivity contribution is 7.89. The van der Waals surface area contributed by atoms with Crippen LogP contribution in [-0.2, 0) is 14.8 Å². The van der Waals surface area contributed by atoms with E-state index in [1.165, 1.54) is 0 Å². The fraction of sp³-hybridized carbons (Fsp3) is 0.929. The first-order valence-electron chi connectivity index (χ1n) is 7.51. The molecule has 1 heterocycles. The van der Waals surface area contributed by atoms with Gasteiger partial charge in [0.05, 0.1) is 5.25 Å². The molecule has 1 fully saturated rings. The summed E-state index contributed by atoms with van der Waals surface area (Å²) in [4.78, 5) is 11.7. The van der Waals surface area contributed by atoms with Crippen molar-refractivity contribution in [1.82, 2.24) is 9.62 Å². The molecular formula is C14H28N2O4S. The van der Waals surface area contributed by atoms with Crippen LogP contribution in [-0.4, -0.2) is 48.8 Å². The van der Waals surface area contributed by atoms with Gasteiger partial charge in [0.1, 0.15) is 5.60 Å². The molecule has 6 nitrogen and oxygen atoms in total. The Balaban J connectivity index is 2.65. The maximum absolute atomic E-state index is 12.4. The Morgan fingerprint density at radius 3 is 2.48 bits per heavy atom. The number of rotatable bonds is 4. The maximum Gasteiger partial charge on any atom is 0.407 e. The summed E-state index contributed by atoms with van der Waals surface area (Å²) in [6.45, 7) is 9.57. The molecule has 7 heteroatoms. The summed E-state index contributed by atoms with van der Waals surface area (Å²) >= 11 is 0. The summed E-state index contributed by atoms with van der Waals surface area (Å²) in [6.07, 6.45) is 2.11. The van der Waals surface area contributed by atoms with E-state index in [0.717, 1.165) is 19.3 Å². The number of alkyl carbamates (subject to hydrolysis) is 1. The van der Waals surface area contributed by atoms with Crippen molar-refractivity contribution >= 4 is 16.1 Å². The molecule has 0 aromatic rings. The van der Waals surface area contributed by atoms with Crippen molar-refractivity contribution in [3.05, 3.63) is 0 Å². The van der Waals surface area contributed by atoms with Crippen molar-refractivity contribution in [2.24, 2.45) is 0 Å². The predicted molar refractivity (Wildman–Crippen MR) is 82.6 cm³/mol. The SMILES string of the molecule is CC(C)S(=O)(=O)N1CCCCC1CNC(=O)OC(C)(C)C. The van der Waals surface area contributed by atoms with Gasteiger partial charge in [-0.1, -0.05) is 6.42 Å². The average Bonchev–Trinajstić information content (AvgIpc) is 2.34. The van der Waals surface area contributed by atoms with Crippen LogP contribution in [0.3, 0.4) is 0 Å². The van der Waals surface area contributed by atoms with Gasteiger partial charge in [0.25, 0.3) is 0 Å². The van der Waals surface area contributed by atoms with Gasteiger partial charge in [-0.05, 0) is 47.5 Å². The first-order valence-corrected chi connectivity index (χ1v) is 9.02. The molecule has 21 heavy (non-hydrogen) atoms. The lowest BCUT2D eigenvalue weighted by Crippen LogP contribution is -2.51. The molecule has 1 aliphatic heterocycles. The fourth-order valence-electron chi connectivity index (χ4n) is 2.30. The lowest BCUT2D eigenvalue weighted by molar-refractivity contribution is 0.0512. The van der Waals surface area contributed by atoms with Crippen LogP contribution >= 0.6 is 0 Å². The van der Waals surface area contributed by atoms with Gasteiger partial charge in [-0.15, -0.1) is 0 Å². The van der Waals surface area contributed by atoms with Crippen molar-refractivity contribution in [3.8, 4) is 0 Å². The summed E-state index contributed by atoms with van der Waals surface area (Å²) in [5.41, 5.74) is -0.555. The van der Waals surface area contributed by atoms with Crippen LogP contribution in [0.5, 0.6) is 0 Å². The quantitative estimate of drug-likeness (QED) is 0.860. The van der Waals surface area contributed by atoms with E-state index in [1.807, 2.05) is 0 Å². The van der Waals surface area contributed by atoms with E-state index >= 15 is 0 Å². The molecule has 0 spiro atoms. The second kappa shape index (κ2) is 6.96. The van der Waals surface area contributed by atoms with Crippen LogP contribution in [0.1, 0.15) is 53.9 Å². The van der Waals surface area contributed by atoms with Crippen LogP contribution in [0.4, 0.5) is 4.79 Å². The van der Waals surface area contributed by atoms with Gasteiger partial charge in [-0.25, -0.2) is 13.2 Å². The molecule has 124 valence electrons. The van der Waals surface area contributed by atoms with Gasteiger partial charge in [-0.3, -0.25) is 0 Å². The zero-order chi connectivity index (χ0) is 16.3. The molecule has 0 radical (unpaired) electrons. The Kier molecular flexibility index (Phi) is 6.04. The number of piperidine rings is 1. The summed E-state index contributed by atoms with van der Waals surface area (Å²) in [5, 5.41) is 2.24. The van der Waals surface area contributed by atoms with E-state index in [-0.39, 0.29) is 6.04 Å². The summed E-state index contributed by atoms with van der Waals surface area (Å²) in [6, 6.07) is -0.182. The molecule has 1 saturated heterocycles. The van der Waals surface area contributed by atoms with E-state index in [4.69, 9.17) is 4.74 Å². The Hall–Kier alpha value is -0.820. The monoisotopic (exact) mass is 320 g/mol. The lowest BCUT2D eigenvalue weighted by atomic mass is 10.1. The Bertz CT molecular complexity index is 454. The summed E-state index contributed by atoms with van der Waals surface area (Å²) in [5.74, 6) is 0. The second-order valence-electron chi connectivity index (χ2n) is 6.74. The third-order valence-corrected chi connectivity index (χ3v) is 5.70. The van der Waals surface area contributed by atoms with E-state index in [0.29, 0.717) is 13.1 Å². The van der Waals surface area contributed by atoms with Crippen LogP contribution in [0.25, 0.3) is 0 Å². The standard InChI is InChI=1S/C14H28N2O4S/c1-11(2)21(18,19)16-9-7-6-8-12(16)10-15-13(17)20-14(3,4)5/h11-12H,6-10H2,1-5H3,(H,15,17). The molecule has 0 bridgehead atoms. The van der Waals surface area contributed by atoms with Gasteiger partial charge in [-0.2, -0.15) is 4.31 Å². The van der Waals surface area contributed by atoms with Crippen LogP contribution in [0.15, 0.2) is 0 Å². The zero-order valence-corrected chi connectivity index (χ0v) is 14.5. The molecule has 0 aliphatic carbocycles. The van der Waals surface area contributed by atoms with Gasteiger partial charge in [0, 0.05) is 19.1 Å². The van der Waals surface area contributed by atoms with Gasteiger partial charge in [0.2, 0.25) is 10.0 Å². The van der Waals surface area contributed by atoms with E-state index in [9.17, 15) is 13.2 Å². The number of nitrogens with one attached hydrogen (secondary N) is 1. The second-order valence-corrected chi connectivity index (χ2v) is 9.18. The molecule has 1 amide bonds. The molecule has 1 atom stereocenters. The number of sulfonamides is 1. The van der Waals surface area contributed by atoms with E-state index in [1.54, 1.807) is 38.9 Å². The first kappa shape index (κ1) is 18.2. The van der Waals surface area contributed by atoms with Crippen molar-refractivity contribution in [3.63, 3.8) is 0 Å². The molecule has 1 rings (SSSR count). The Labute approximate surface area is 128 Å². The summed E-state index contributed by atoms with van der Waals surface area (Å²) < 4.78 is 31.4. The number of carbonyl (C=O) groups is 1. The van der Waals surface area contributed by atoms with Crippen LogP contribution in [0.2, 0.25) is 0 Å². The van der Waals surface area contributed by atoms with E-state index < -0.39 is 27.0 Å². The van der Waals surface area contributed by atoms with Gasteiger partial charge in [0.15, 0.2) is 0 Å². The Morgan fingerprint density at radius 2 is 1.95 bits per heavy atom. The topological polar surface area (TPSA) is 75.7 Å². The minimum atomic E-state index is -3.29. The number of nitrogens with zero attached hydrogens (tertiary/aromatic N) is 1. The van der Waals surface area contributed by atoms with Crippen molar-refractivity contribution < 1.29 is 17.9 Å². The molecule has 1 unspecified atom stereocenters. The highest BCUT2D eigenvalue weighted by atomic mass is 32.2. The first-order chi connectivity index (χ1) is 9.54. The van der Waals surface area contributed by atoms with Crippen molar-refractivity contribution in [1.29, 1.82) is 0 Å². The molecule has 0 aromatic carbocycles. The fourth-order valence-corrected chi connectivity index (χ4v) is 3.82. The van der Waals surface area contributed by atoms with Gasteiger partial charge >= 0.3 is 6.09 Å². The Morgan fingerprint density at radius 1 is 1.33 bits per heavy atom.